The number of H-pyrrole nitrogens is 1. The Morgan fingerprint density at radius 2 is 2.10 bits per heavy atom. The summed E-state index contributed by atoms with van der Waals surface area (Å²) in [6, 6.07) is 7.05. The average Bonchev–Trinajstić information content (AvgIpc) is 3.46. The molecule has 30 heavy (non-hydrogen) atoms. The molecular formula is C22H16F2N4O2. The second-order valence-electron chi connectivity index (χ2n) is 7.86. The zero-order valence-electron chi connectivity index (χ0n) is 15.8. The van der Waals surface area contributed by atoms with Gasteiger partial charge in [-0.15, -0.1) is 0 Å². The first-order chi connectivity index (χ1) is 14.4. The number of carbonyl (C=O) groups excluding carboxylic acids is 1. The number of nitrogens with zero attached hydrogens (tertiary/aromatic N) is 2. The molecule has 150 valence electrons. The molecule has 0 bridgehead atoms. The topological polar surface area (TPSA) is 98.6 Å². The maximum atomic E-state index is 14.2. The fourth-order valence-corrected chi connectivity index (χ4v) is 4.28. The molecule has 0 spiro atoms. The summed E-state index contributed by atoms with van der Waals surface area (Å²) in [7, 11) is 0. The Bertz CT molecular complexity index is 1320. The Morgan fingerprint density at radius 3 is 2.83 bits per heavy atom. The van der Waals surface area contributed by atoms with Crippen LogP contribution in [-0.2, 0) is 16.6 Å². The minimum absolute atomic E-state index is 0.0550. The van der Waals surface area contributed by atoms with Crippen LogP contribution in [0.2, 0.25) is 0 Å². The molecule has 6 nitrogen and oxygen atoms in total. The van der Waals surface area contributed by atoms with E-state index in [2.05, 4.69) is 21.4 Å². The molecule has 0 radical (unpaired) electrons. The summed E-state index contributed by atoms with van der Waals surface area (Å²) in [5.41, 5.74) is 0.893. The number of halogens is 2. The van der Waals surface area contributed by atoms with Gasteiger partial charge in [0.1, 0.15) is 6.07 Å². The summed E-state index contributed by atoms with van der Waals surface area (Å²) >= 11 is 0. The van der Waals surface area contributed by atoms with Gasteiger partial charge in [0.05, 0.1) is 28.2 Å². The first-order valence-corrected chi connectivity index (χ1v) is 9.64. The molecule has 5 rings (SSSR count). The number of rotatable bonds is 3. The Labute approximate surface area is 169 Å². The molecule has 2 heterocycles. The summed E-state index contributed by atoms with van der Waals surface area (Å²) < 4.78 is 27.9. The Morgan fingerprint density at radius 1 is 1.30 bits per heavy atom. The van der Waals surface area contributed by atoms with E-state index in [0.29, 0.717) is 31.2 Å². The van der Waals surface area contributed by atoms with Crippen LogP contribution in [0.4, 0.5) is 8.78 Å². The van der Waals surface area contributed by atoms with E-state index in [-0.39, 0.29) is 28.4 Å². The average molecular weight is 406 g/mol. The van der Waals surface area contributed by atoms with Gasteiger partial charge < -0.3 is 10.3 Å². The van der Waals surface area contributed by atoms with Crippen LogP contribution in [0.5, 0.6) is 0 Å². The lowest BCUT2D eigenvalue weighted by atomic mass is 9.94. The Hall–Kier alpha value is -3.60. The molecule has 1 aromatic carbocycles. The van der Waals surface area contributed by atoms with Crippen LogP contribution in [0.15, 0.2) is 35.3 Å². The molecule has 8 heteroatoms. The molecular weight excluding hydrogens is 390 g/mol. The second-order valence-corrected chi connectivity index (χ2v) is 7.86. The van der Waals surface area contributed by atoms with Crippen molar-refractivity contribution in [2.45, 2.75) is 37.1 Å². The van der Waals surface area contributed by atoms with Crippen molar-refractivity contribution >= 4 is 16.8 Å². The first kappa shape index (κ1) is 18.4. The molecule has 2 N–H and O–H groups in total. The van der Waals surface area contributed by atoms with Gasteiger partial charge in [-0.25, -0.2) is 8.78 Å². The van der Waals surface area contributed by atoms with E-state index in [1.165, 1.54) is 18.3 Å². The molecule has 1 amide bonds. The maximum Gasteiger partial charge on any atom is 0.252 e. The molecule has 2 aromatic heterocycles. The fourth-order valence-electron chi connectivity index (χ4n) is 4.28. The fraction of sp³-hybridized carbons (Fsp3) is 0.273. The first-order valence-electron chi connectivity index (χ1n) is 9.64. The van der Waals surface area contributed by atoms with Crippen molar-refractivity contribution in [3.05, 3.63) is 74.8 Å². The van der Waals surface area contributed by atoms with Crippen molar-refractivity contribution in [3.63, 3.8) is 0 Å². The number of nitrogens with one attached hydrogen (secondary N) is 2. The quantitative estimate of drug-likeness (QED) is 0.699. The van der Waals surface area contributed by atoms with Crippen LogP contribution in [0.25, 0.3) is 10.9 Å². The van der Waals surface area contributed by atoms with E-state index in [0.717, 1.165) is 17.3 Å². The molecule has 0 saturated heterocycles. The van der Waals surface area contributed by atoms with Gasteiger partial charge in [-0.3, -0.25) is 14.6 Å². The number of benzene rings is 1. The highest BCUT2D eigenvalue weighted by Gasteiger charge is 2.53. The summed E-state index contributed by atoms with van der Waals surface area (Å²) in [5, 5.41) is 11.9. The summed E-state index contributed by atoms with van der Waals surface area (Å²) in [6.07, 6.45) is 3.71. The number of aryl methyl sites for hydroxylation is 1. The molecule has 0 unspecified atom stereocenters. The standard InChI is InChI=1S/C22H16F2N4O2/c23-15-2-4-16-13(18(15)24)8-14(20(29)27-16)22(5-6-22)21(30)28-17-3-1-12-7-11(9-25)10-26-19(12)17/h2,4,7-8,10,17H,1,3,5-6H2,(H,27,29)(H,28,30)/t17-/m1/s1. The van der Waals surface area contributed by atoms with Crippen LogP contribution in [0, 0.1) is 23.0 Å². The van der Waals surface area contributed by atoms with Crippen molar-refractivity contribution in [2.75, 3.05) is 0 Å². The normalized spacial score (nSPS) is 18.6. The number of aromatic nitrogens is 2. The number of carbonyl (C=O) groups is 1. The molecule has 1 saturated carbocycles. The highest BCUT2D eigenvalue weighted by atomic mass is 19.2. The third-order valence-electron chi connectivity index (χ3n) is 6.08. The number of hydrogen-bond acceptors (Lipinski definition) is 4. The number of aromatic amines is 1. The van der Waals surface area contributed by atoms with Crippen LogP contribution in [-0.4, -0.2) is 15.9 Å². The van der Waals surface area contributed by atoms with Crippen molar-refractivity contribution in [3.8, 4) is 6.07 Å². The lowest BCUT2D eigenvalue weighted by Crippen LogP contribution is -2.39. The predicted octanol–water partition coefficient (Wildman–Crippen LogP) is 2.91. The number of nitriles is 1. The van der Waals surface area contributed by atoms with E-state index < -0.39 is 22.6 Å². The van der Waals surface area contributed by atoms with E-state index >= 15 is 0 Å². The SMILES string of the molecule is N#Cc1cnc2c(c1)CC[C@H]2NC(=O)C1(c2cc3c(F)c(F)ccc3[nH]c2=O)CC1. The van der Waals surface area contributed by atoms with Gasteiger partial charge in [-0.1, -0.05) is 0 Å². The number of fused-ring (bicyclic) bond motifs is 2. The predicted molar refractivity (Wildman–Crippen MR) is 104 cm³/mol. The van der Waals surface area contributed by atoms with Crippen LogP contribution in [0.1, 0.15) is 47.7 Å². The summed E-state index contributed by atoms with van der Waals surface area (Å²) in [6.45, 7) is 0. The van der Waals surface area contributed by atoms with Gasteiger partial charge in [-0.2, -0.15) is 5.26 Å². The highest BCUT2D eigenvalue weighted by Crippen LogP contribution is 2.48. The zero-order valence-corrected chi connectivity index (χ0v) is 15.8. The highest BCUT2D eigenvalue weighted by molar-refractivity contribution is 5.93. The van der Waals surface area contributed by atoms with E-state index in [4.69, 9.17) is 5.26 Å². The summed E-state index contributed by atoms with van der Waals surface area (Å²) in [4.78, 5) is 32.7. The Kier molecular flexibility index (Phi) is 3.97. The van der Waals surface area contributed by atoms with Gasteiger partial charge in [0.2, 0.25) is 5.91 Å². The van der Waals surface area contributed by atoms with Crippen LogP contribution in [0.3, 0.4) is 0 Å². The molecule has 2 aliphatic rings. The van der Waals surface area contributed by atoms with Crippen molar-refractivity contribution in [1.82, 2.24) is 15.3 Å². The third-order valence-corrected chi connectivity index (χ3v) is 6.08. The molecule has 1 atom stereocenters. The third kappa shape index (κ3) is 2.70. The second kappa shape index (κ2) is 6.46. The van der Waals surface area contributed by atoms with Crippen molar-refractivity contribution < 1.29 is 13.6 Å². The van der Waals surface area contributed by atoms with Crippen molar-refractivity contribution in [1.29, 1.82) is 5.26 Å². The number of pyridine rings is 2. The van der Waals surface area contributed by atoms with Gasteiger partial charge in [0.15, 0.2) is 11.6 Å². The lowest BCUT2D eigenvalue weighted by Gasteiger charge is -2.20. The van der Waals surface area contributed by atoms with E-state index in [9.17, 15) is 18.4 Å². The molecule has 2 aliphatic carbocycles. The minimum Gasteiger partial charge on any atom is -0.347 e. The minimum atomic E-state index is -1.06. The van der Waals surface area contributed by atoms with Gasteiger partial charge >= 0.3 is 0 Å². The van der Waals surface area contributed by atoms with E-state index in [1.807, 2.05) is 0 Å². The van der Waals surface area contributed by atoms with Crippen molar-refractivity contribution in [2.24, 2.45) is 0 Å². The van der Waals surface area contributed by atoms with E-state index in [1.54, 1.807) is 6.07 Å². The zero-order chi connectivity index (χ0) is 21.0. The van der Waals surface area contributed by atoms with Gasteiger partial charge in [-0.05, 0) is 55.5 Å². The molecule has 0 aliphatic heterocycles. The largest absolute Gasteiger partial charge is 0.347 e. The smallest absolute Gasteiger partial charge is 0.252 e. The van der Waals surface area contributed by atoms with Gasteiger partial charge in [0, 0.05) is 17.1 Å². The molecule has 3 aromatic rings. The Balaban J connectivity index is 1.48. The number of amides is 1. The summed E-state index contributed by atoms with van der Waals surface area (Å²) in [5.74, 6) is -2.39. The van der Waals surface area contributed by atoms with Crippen LogP contribution >= 0.6 is 0 Å². The molecule has 1 fully saturated rings. The van der Waals surface area contributed by atoms with Gasteiger partial charge in [0.25, 0.3) is 5.56 Å². The van der Waals surface area contributed by atoms with Crippen LogP contribution < -0.4 is 10.9 Å². The lowest BCUT2D eigenvalue weighted by molar-refractivity contribution is -0.124. The monoisotopic (exact) mass is 406 g/mol. The maximum absolute atomic E-state index is 14.2. The number of hydrogen-bond donors (Lipinski definition) is 2.